The summed E-state index contributed by atoms with van der Waals surface area (Å²) in [6.07, 6.45) is 1.67. The van der Waals surface area contributed by atoms with Crippen LogP contribution >= 0.6 is 0 Å². The molecule has 1 heterocycles. The van der Waals surface area contributed by atoms with Gasteiger partial charge < -0.3 is 4.52 Å². The zero-order chi connectivity index (χ0) is 11.4. The zero-order valence-corrected chi connectivity index (χ0v) is 9.78. The van der Waals surface area contributed by atoms with Gasteiger partial charge in [-0.15, -0.1) is 0 Å². The molecule has 0 amide bonds. The van der Waals surface area contributed by atoms with Crippen LogP contribution in [0.15, 0.2) is 4.52 Å². The maximum atomic E-state index is 11.3. The lowest BCUT2D eigenvalue weighted by Crippen LogP contribution is -2.08. The molecule has 0 aliphatic heterocycles. The van der Waals surface area contributed by atoms with Crippen molar-refractivity contribution in [1.29, 1.82) is 0 Å². The minimum Gasteiger partial charge on any atom is -0.339 e. The molecule has 2 unspecified atom stereocenters. The number of hydrogen-bond acceptors (Lipinski definition) is 4. The summed E-state index contributed by atoms with van der Waals surface area (Å²) in [6, 6.07) is 0. The maximum Gasteiger partial charge on any atom is 0.237 e. The highest BCUT2D eigenvalue weighted by molar-refractivity contribution is 5.82. The normalized spacial score (nSPS) is 14.9. The van der Waals surface area contributed by atoms with E-state index in [1.54, 1.807) is 6.92 Å². The Kier molecular flexibility index (Phi) is 4.00. The number of carbonyl (C=O) groups is 1. The summed E-state index contributed by atoms with van der Waals surface area (Å²) in [6.45, 7) is 7.62. The molecule has 1 rings (SSSR count). The lowest BCUT2D eigenvalue weighted by Gasteiger charge is -2.04. The Bertz CT molecular complexity index is 333. The molecule has 0 aromatic carbocycles. The van der Waals surface area contributed by atoms with Crippen LogP contribution in [0.2, 0.25) is 0 Å². The number of rotatable bonds is 5. The monoisotopic (exact) mass is 210 g/mol. The van der Waals surface area contributed by atoms with Gasteiger partial charge in [-0.05, 0) is 19.8 Å². The van der Waals surface area contributed by atoms with Crippen molar-refractivity contribution >= 4 is 5.78 Å². The second-order valence-corrected chi connectivity index (χ2v) is 3.87. The summed E-state index contributed by atoms with van der Waals surface area (Å²) in [5, 5.41) is 3.90. The molecule has 15 heavy (non-hydrogen) atoms. The van der Waals surface area contributed by atoms with E-state index in [0.717, 1.165) is 6.42 Å². The zero-order valence-electron chi connectivity index (χ0n) is 9.78. The first-order valence-electron chi connectivity index (χ1n) is 5.44. The van der Waals surface area contributed by atoms with Crippen LogP contribution < -0.4 is 0 Å². The van der Waals surface area contributed by atoms with Crippen molar-refractivity contribution in [3.05, 3.63) is 11.7 Å². The van der Waals surface area contributed by atoms with Crippen LogP contribution in [0.5, 0.6) is 0 Å². The topological polar surface area (TPSA) is 56.0 Å². The summed E-state index contributed by atoms with van der Waals surface area (Å²) in [5.74, 6) is 1.28. The highest BCUT2D eigenvalue weighted by Gasteiger charge is 2.22. The smallest absolute Gasteiger partial charge is 0.237 e. The summed E-state index contributed by atoms with van der Waals surface area (Å²) in [5.41, 5.74) is 0. The van der Waals surface area contributed by atoms with Crippen LogP contribution in [0.4, 0.5) is 0 Å². The molecular formula is C11H18N2O2. The first-order chi connectivity index (χ1) is 7.10. The number of carbonyl (C=O) groups excluding carboxylic acids is 1. The third kappa shape index (κ3) is 2.64. The highest BCUT2D eigenvalue weighted by atomic mass is 16.5. The van der Waals surface area contributed by atoms with E-state index in [9.17, 15) is 4.79 Å². The van der Waals surface area contributed by atoms with Crippen LogP contribution in [0, 0.1) is 0 Å². The molecule has 1 aromatic rings. The molecule has 0 spiro atoms. The minimum absolute atomic E-state index is 0.0804. The lowest BCUT2D eigenvalue weighted by molar-refractivity contribution is -0.119. The molecule has 0 saturated heterocycles. The van der Waals surface area contributed by atoms with E-state index in [2.05, 4.69) is 17.1 Å². The number of ketones is 1. The van der Waals surface area contributed by atoms with Crippen molar-refractivity contribution < 1.29 is 9.32 Å². The SMILES string of the molecule is CCC(C)c1noc(C(CC)C(C)=O)n1. The second-order valence-electron chi connectivity index (χ2n) is 3.87. The van der Waals surface area contributed by atoms with E-state index in [0.29, 0.717) is 18.1 Å². The average Bonchev–Trinajstić information content (AvgIpc) is 2.66. The van der Waals surface area contributed by atoms with Crippen molar-refractivity contribution in [3.63, 3.8) is 0 Å². The van der Waals surface area contributed by atoms with Crippen LogP contribution in [-0.2, 0) is 4.79 Å². The third-order valence-corrected chi connectivity index (χ3v) is 2.71. The number of Topliss-reactive ketones (excluding diaryl/α,β-unsaturated/α-hetero) is 1. The predicted octanol–water partition coefficient (Wildman–Crippen LogP) is 2.67. The fourth-order valence-corrected chi connectivity index (χ4v) is 1.41. The van der Waals surface area contributed by atoms with Gasteiger partial charge in [-0.1, -0.05) is 25.9 Å². The van der Waals surface area contributed by atoms with Gasteiger partial charge in [-0.2, -0.15) is 4.98 Å². The molecule has 0 aliphatic rings. The Morgan fingerprint density at radius 1 is 1.40 bits per heavy atom. The highest BCUT2D eigenvalue weighted by Crippen LogP contribution is 2.22. The second kappa shape index (κ2) is 5.05. The quantitative estimate of drug-likeness (QED) is 0.749. The van der Waals surface area contributed by atoms with Crippen molar-refractivity contribution in [2.24, 2.45) is 0 Å². The molecule has 1 aromatic heterocycles. The van der Waals surface area contributed by atoms with Gasteiger partial charge in [0.1, 0.15) is 5.78 Å². The van der Waals surface area contributed by atoms with Crippen LogP contribution in [0.1, 0.15) is 64.1 Å². The molecular weight excluding hydrogens is 192 g/mol. The van der Waals surface area contributed by atoms with E-state index >= 15 is 0 Å². The van der Waals surface area contributed by atoms with Crippen molar-refractivity contribution in [2.75, 3.05) is 0 Å². The number of nitrogens with zero attached hydrogens (tertiary/aromatic N) is 2. The van der Waals surface area contributed by atoms with Crippen molar-refractivity contribution in [1.82, 2.24) is 10.1 Å². The molecule has 0 fully saturated rings. The first-order valence-corrected chi connectivity index (χ1v) is 5.44. The van der Waals surface area contributed by atoms with E-state index in [1.807, 2.05) is 13.8 Å². The van der Waals surface area contributed by atoms with E-state index in [4.69, 9.17) is 4.52 Å². The van der Waals surface area contributed by atoms with Crippen LogP contribution in [0.25, 0.3) is 0 Å². The third-order valence-electron chi connectivity index (χ3n) is 2.71. The number of hydrogen-bond donors (Lipinski definition) is 0. The van der Waals surface area contributed by atoms with Crippen molar-refractivity contribution in [3.8, 4) is 0 Å². The maximum absolute atomic E-state index is 11.3. The Hall–Kier alpha value is -1.19. The fraction of sp³-hybridized carbons (Fsp3) is 0.727. The minimum atomic E-state index is -0.240. The molecule has 0 radical (unpaired) electrons. The molecule has 4 nitrogen and oxygen atoms in total. The Morgan fingerprint density at radius 2 is 2.07 bits per heavy atom. The molecule has 0 bridgehead atoms. The van der Waals surface area contributed by atoms with Gasteiger partial charge in [-0.25, -0.2) is 0 Å². The first kappa shape index (κ1) is 11.9. The van der Waals surface area contributed by atoms with E-state index in [1.165, 1.54) is 0 Å². The van der Waals surface area contributed by atoms with Crippen LogP contribution in [-0.4, -0.2) is 15.9 Å². The Labute approximate surface area is 90.1 Å². The van der Waals surface area contributed by atoms with Crippen LogP contribution in [0.3, 0.4) is 0 Å². The molecule has 2 atom stereocenters. The predicted molar refractivity (Wildman–Crippen MR) is 56.7 cm³/mol. The van der Waals surface area contributed by atoms with Gasteiger partial charge in [0.15, 0.2) is 5.82 Å². The molecule has 0 aliphatic carbocycles. The molecule has 0 N–H and O–H groups in total. The van der Waals surface area contributed by atoms with Gasteiger partial charge in [0, 0.05) is 5.92 Å². The van der Waals surface area contributed by atoms with Gasteiger partial charge >= 0.3 is 0 Å². The molecule has 0 saturated carbocycles. The lowest BCUT2D eigenvalue weighted by atomic mass is 10.0. The summed E-state index contributed by atoms with van der Waals surface area (Å²) >= 11 is 0. The fourth-order valence-electron chi connectivity index (χ4n) is 1.41. The summed E-state index contributed by atoms with van der Waals surface area (Å²) in [7, 11) is 0. The van der Waals surface area contributed by atoms with Gasteiger partial charge in [-0.3, -0.25) is 4.79 Å². The van der Waals surface area contributed by atoms with Gasteiger partial charge in [0.05, 0.1) is 5.92 Å². The number of aromatic nitrogens is 2. The molecule has 4 heteroatoms. The van der Waals surface area contributed by atoms with E-state index < -0.39 is 0 Å². The summed E-state index contributed by atoms with van der Waals surface area (Å²) in [4.78, 5) is 15.6. The van der Waals surface area contributed by atoms with Gasteiger partial charge in [0.2, 0.25) is 5.89 Å². The van der Waals surface area contributed by atoms with Gasteiger partial charge in [0.25, 0.3) is 0 Å². The van der Waals surface area contributed by atoms with E-state index in [-0.39, 0.29) is 17.6 Å². The largest absolute Gasteiger partial charge is 0.339 e. The Morgan fingerprint density at radius 3 is 2.53 bits per heavy atom. The average molecular weight is 210 g/mol. The molecule has 84 valence electrons. The van der Waals surface area contributed by atoms with Crippen molar-refractivity contribution in [2.45, 2.75) is 52.4 Å². The summed E-state index contributed by atoms with van der Waals surface area (Å²) < 4.78 is 5.12. The Balaban J connectivity index is 2.87. The standard InChI is InChI=1S/C11H18N2O2/c1-5-7(3)10-12-11(15-13-10)9(6-2)8(4)14/h7,9H,5-6H2,1-4H3.